The maximum absolute atomic E-state index is 7.75. The highest BCUT2D eigenvalue weighted by Crippen LogP contribution is 2.13. The van der Waals surface area contributed by atoms with E-state index in [-0.39, 0.29) is 12.0 Å². The lowest BCUT2D eigenvalue weighted by molar-refractivity contribution is 0.404. The number of guanidine groups is 1. The minimum Gasteiger partial charge on any atom is -0.370 e. The quantitative estimate of drug-likeness (QED) is 0.210. The fraction of sp³-hybridized carbons (Fsp3) is 0.640. The topological polar surface area (TPSA) is 77.8 Å². The van der Waals surface area contributed by atoms with Gasteiger partial charge < -0.3 is 10.6 Å². The second kappa shape index (κ2) is 15.6. The lowest BCUT2D eigenvalue weighted by Gasteiger charge is -2.28. The fourth-order valence-electron chi connectivity index (χ4n) is 3.73. The summed E-state index contributed by atoms with van der Waals surface area (Å²) < 4.78 is 0. The van der Waals surface area contributed by atoms with E-state index in [1.807, 2.05) is 18.7 Å². The highest BCUT2D eigenvalue weighted by atomic mass is 15.3. The van der Waals surface area contributed by atoms with Crippen LogP contribution in [0.1, 0.15) is 83.3 Å². The highest BCUT2D eigenvalue weighted by Gasteiger charge is 2.18. The van der Waals surface area contributed by atoms with Crippen LogP contribution in [0.15, 0.2) is 34.3 Å². The SMILES string of the molecule is C=NC/C(=N\Cc1ccc(CCCCCCCCCC)cc1)C(C)N(CC)C(=N)N. The van der Waals surface area contributed by atoms with E-state index in [4.69, 9.17) is 16.1 Å². The van der Waals surface area contributed by atoms with E-state index in [9.17, 15) is 0 Å². The van der Waals surface area contributed by atoms with Crippen LogP contribution in [-0.2, 0) is 13.0 Å². The van der Waals surface area contributed by atoms with Crippen LogP contribution in [0.4, 0.5) is 0 Å². The Morgan fingerprint density at radius 2 is 1.57 bits per heavy atom. The number of benzene rings is 1. The van der Waals surface area contributed by atoms with Gasteiger partial charge in [-0.1, -0.05) is 76.1 Å². The second-order valence-electron chi connectivity index (χ2n) is 8.08. The molecule has 0 spiro atoms. The van der Waals surface area contributed by atoms with E-state index in [0.29, 0.717) is 19.6 Å². The average molecular weight is 414 g/mol. The van der Waals surface area contributed by atoms with Crippen LogP contribution in [0.3, 0.4) is 0 Å². The van der Waals surface area contributed by atoms with Gasteiger partial charge in [0.05, 0.1) is 24.8 Å². The minimum atomic E-state index is -0.0563. The van der Waals surface area contributed by atoms with Gasteiger partial charge in [-0.15, -0.1) is 0 Å². The maximum atomic E-state index is 7.75. The second-order valence-corrected chi connectivity index (χ2v) is 8.08. The molecule has 0 aliphatic heterocycles. The molecule has 0 aliphatic carbocycles. The fourth-order valence-corrected chi connectivity index (χ4v) is 3.73. The number of hydrogen-bond acceptors (Lipinski definition) is 3. The van der Waals surface area contributed by atoms with Gasteiger partial charge in [-0.3, -0.25) is 15.4 Å². The summed E-state index contributed by atoms with van der Waals surface area (Å²) in [4.78, 5) is 10.6. The van der Waals surface area contributed by atoms with Crippen molar-refractivity contribution in [3.8, 4) is 0 Å². The summed E-state index contributed by atoms with van der Waals surface area (Å²) in [6, 6.07) is 8.76. The number of hydrogen-bond donors (Lipinski definition) is 2. The number of nitrogens with two attached hydrogens (primary N) is 1. The van der Waals surface area contributed by atoms with Crippen LogP contribution in [0.5, 0.6) is 0 Å². The van der Waals surface area contributed by atoms with Crippen LogP contribution in [0, 0.1) is 5.41 Å². The lowest BCUT2D eigenvalue weighted by Crippen LogP contribution is -2.47. The summed E-state index contributed by atoms with van der Waals surface area (Å²) in [7, 11) is 0. The first-order valence-corrected chi connectivity index (χ1v) is 11.7. The van der Waals surface area contributed by atoms with Crippen molar-refractivity contribution in [3.05, 3.63) is 35.4 Å². The van der Waals surface area contributed by atoms with Crippen molar-refractivity contribution in [2.24, 2.45) is 15.7 Å². The van der Waals surface area contributed by atoms with Crippen molar-refractivity contribution >= 4 is 18.4 Å². The molecule has 30 heavy (non-hydrogen) atoms. The monoisotopic (exact) mass is 413 g/mol. The zero-order valence-corrected chi connectivity index (χ0v) is 19.5. The predicted molar refractivity (Wildman–Crippen MR) is 132 cm³/mol. The third-order valence-electron chi connectivity index (χ3n) is 5.68. The van der Waals surface area contributed by atoms with Gasteiger partial charge in [0.25, 0.3) is 0 Å². The molecule has 1 rings (SSSR count). The van der Waals surface area contributed by atoms with Crippen molar-refractivity contribution in [1.29, 1.82) is 5.41 Å². The Bertz CT molecular complexity index is 635. The normalized spacial score (nSPS) is 12.6. The number of aliphatic imine (C=N–C) groups is 2. The van der Waals surface area contributed by atoms with Crippen molar-refractivity contribution in [3.63, 3.8) is 0 Å². The summed E-state index contributed by atoms with van der Waals surface area (Å²) in [6.45, 7) is 11.6. The average Bonchev–Trinajstić information content (AvgIpc) is 2.74. The van der Waals surface area contributed by atoms with Crippen molar-refractivity contribution in [1.82, 2.24) is 4.90 Å². The Morgan fingerprint density at radius 3 is 2.10 bits per heavy atom. The molecule has 0 aromatic heterocycles. The molecule has 1 aromatic rings. The molecule has 0 heterocycles. The smallest absolute Gasteiger partial charge is 0.188 e. The molecule has 0 radical (unpaired) electrons. The molecule has 1 aromatic carbocycles. The van der Waals surface area contributed by atoms with Crippen LogP contribution in [0.2, 0.25) is 0 Å². The predicted octanol–water partition coefficient (Wildman–Crippen LogP) is 5.62. The van der Waals surface area contributed by atoms with Crippen LogP contribution in [-0.4, -0.2) is 42.4 Å². The molecule has 0 aliphatic rings. The number of aryl methyl sites for hydroxylation is 1. The van der Waals surface area contributed by atoms with Crippen molar-refractivity contribution in [2.75, 3.05) is 13.1 Å². The van der Waals surface area contributed by atoms with Crippen LogP contribution in [0.25, 0.3) is 0 Å². The van der Waals surface area contributed by atoms with E-state index in [1.54, 1.807) is 0 Å². The van der Waals surface area contributed by atoms with Crippen LogP contribution >= 0.6 is 0 Å². The molecule has 0 fully saturated rings. The molecule has 5 nitrogen and oxygen atoms in total. The van der Waals surface area contributed by atoms with Crippen molar-refractivity contribution in [2.45, 2.75) is 91.1 Å². The Labute approximate surface area is 184 Å². The molecule has 168 valence electrons. The van der Waals surface area contributed by atoms with Gasteiger partial charge in [-0.05, 0) is 44.5 Å². The number of nitrogens with zero attached hydrogens (tertiary/aromatic N) is 3. The van der Waals surface area contributed by atoms with Gasteiger partial charge >= 0.3 is 0 Å². The molecule has 0 bridgehead atoms. The lowest BCUT2D eigenvalue weighted by atomic mass is 10.0. The van der Waals surface area contributed by atoms with Gasteiger partial charge in [0.2, 0.25) is 0 Å². The summed E-state index contributed by atoms with van der Waals surface area (Å²) >= 11 is 0. The maximum Gasteiger partial charge on any atom is 0.188 e. The molecule has 0 saturated heterocycles. The largest absolute Gasteiger partial charge is 0.370 e. The van der Waals surface area contributed by atoms with E-state index < -0.39 is 0 Å². The van der Waals surface area contributed by atoms with E-state index in [1.165, 1.54) is 62.5 Å². The van der Waals surface area contributed by atoms with Crippen LogP contribution < -0.4 is 5.73 Å². The number of nitrogens with one attached hydrogen (secondary N) is 1. The van der Waals surface area contributed by atoms with Gasteiger partial charge in [0, 0.05) is 6.54 Å². The highest BCUT2D eigenvalue weighted by molar-refractivity contribution is 5.94. The summed E-state index contributed by atoms with van der Waals surface area (Å²) in [5, 5.41) is 7.75. The molecular weight excluding hydrogens is 370 g/mol. The molecule has 1 atom stereocenters. The molecule has 0 saturated carbocycles. The summed E-state index contributed by atoms with van der Waals surface area (Å²) in [5.41, 5.74) is 9.20. The Balaban J connectivity index is 2.49. The van der Waals surface area contributed by atoms with Gasteiger partial charge in [0.1, 0.15) is 0 Å². The van der Waals surface area contributed by atoms with E-state index in [2.05, 4.69) is 42.9 Å². The summed E-state index contributed by atoms with van der Waals surface area (Å²) in [5.74, 6) is 0.0621. The van der Waals surface area contributed by atoms with Crippen molar-refractivity contribution < 1.29 is 0 Å². The summed E-state index contributed by atoms with van der Waals surface area (Å²) in [6.07, 6.45) is 12.0. The molecule has 1 unspecified atom stereocenters. The molecule has 0 amide bonds. The molecule has 3 N–H and O–H groups in total. The first kappa shape index (κ1) is 25.9. The van der Waals surface area contributed by atoms with Gasteiger partial charge in [-0.2, -0.15) is 0 Å². The third-order valence-corrected chi connectivity index (χ3v) is 5.68. The van der Waals surface area contributed by atoms with Gasteiger partial charge in [-0.25, -0.2) is 0 Å². The van der Waals surface area contributed by atoms with E-state index in [0.717, 1.165) is 12.1 Å². The third kappa shape index (κ3) is 10.0. The van der Waals surface area contributed by atoms with Gasteiger partial charge in [0.15, 0.2) is 5.96 Å². The zero-order valence-electron chi connectivity index (χ0n) is 19.5. The molecule has 5 heteroatoms. The first-order chi connectivity index (χ1) is 14.5. The minimum absolute atomic E-state index is 0.0563. The Kier molecular flexibility index (Phi) is 13.5. The zero-order chi connectivity index (χ0) is 22.2. The Morgan fingerprint density at radius 1 is 1.00 bits per heavy atom. The number of rotatable bonds is 16. The molecular formula is C25H43N5. The first-order valence-electron chi connectivity index (χ1n) is 11.7. The Hall–Kier alpha value is -2.17. The number of unbranched alkanes of at least 4 members (excludes halogenated alkanes) is 7. The van der Waals surface area contributed by atoms with E-state index >= 15 is 0 Å². The standard InChI is InChI=1S/C25H43N5/c1-5-7-8-9-10-11-12-13-14-22-15-17-23(18-16-22)19-29-24(20-28-4)21(3)30(6-2)25(26)27/h15-18,21H,4-14,19-20H2,1-3H3,(H3,26,27)/b29-24+.